The number of rotatable bonds is 5. The standard InChI is InChI=1S/C11H14N2O4/c1-17-9-4-2-8(3-5-9)6-10(14)12-7-11(15)13-16/h2-5,16H,6-7H2,1H3,(H,12,14)(H,13,15). The zero-order valence-corrected chi connectivity index (χ0v) is 9.40. The van der Waals surface area contributed by atoms with Gasteiger partial charge in [-0.15, -0.1) is 0 Å². The molecule has 0 aliphatic heterocycles. The molecule has 1 aromatic rings. The van der Waals surface area contributed by atoms with Gasteiger partial charge in [-0.2, -0.15) is 0 Å². The SMILES string of the molecule is COc1ccc(CC(=O)NCC(=O)NO)cc1. The van der Waals surface area contributed by atoms with Crippen molar-refractivity contribution in [3.63, 3.8) is 0 Å². The summed E-state index contributed by atoms with van der Waals surface area (Å²) in [6.07, 6.45) is 0.169. The van der Waals surface area contributed by atoms with Crippen LogP contribution >= 0.6 is 0 Å². The lowest BCUT2D eigenvalue weighted by molar-refractivity contribution is -0.131. The summed E-state index contributed by atoms with van der Waals surface area (Å²) in [7, 11) is 1.56. The molecule has 0 aliphatic rings. The second-order valence-corrected chi connectivity index (χ2v) is 3.34. The molecule has 0 fully saturated rings. The van der Waals surface area contributed by atoms with Crippen molar-refractivity contribution < 1.29 is 19.5 Å². The van der Waals surface area contributed by atoms with E-state index in [9.17, 15) is 9.59 Å². The Morgan fingerprint density at radius 1 is 1.24 bits per heavy atom. The molecule has 0 atom stereocenters. The van der Waals surface area contributed by atoms with Gasteiger partial charge in [-0.1, -0.05) is 12.1 Å². The van der Waals surface area contributed by atoms with Gasteiger partial charge in [0.25, 0.3) is 5.91 Å². The number of nitrogens with one attached hydrogen (secondary N) is 2. The first kappa shape index (κ1) is 13.0. The van der Waals surface area contributed by atoms with Crippen LogP contribution in [-0.4, -0.2) is 30.7 Å². The molecule has 6 nitrogen and oxygen atoms in total. The Labute approximate surface area is 98.5 Å². The zero-order chi connectivity index (χ0) is 12.7. The molecule has 0 heterocycles. The fraction of sp³-hybridized carbons (Fsp3) is 0.273. The van der Waals surface area contributed by atoms with E-state index in [1.165, 1.54) is 5.48 Å². The number of carbonyl (C=O) groups is 2. The van der Waals surface area contributed by atoms with Gasteiger partial charge < -0.3 is 10.1 Å². The second kappa shape index (κ2) is 6.49. The maximum Gasteiger partial charge on any atom is 0.262 e. The second-order valence-electron chi connectivity index (χ2n) is 3.34. The third-order valence-electron chi connectivity index (χ3n) is 2.09. The van der Waals surface area contributed by atoms with E-state index in [1.807, 2.05) is 0 Å². The minimum absolute atomic E-state index is 0.169. The summed E-state index contributed by atoms with van der Waals surface area (Å²) in [5.74, 6) is -0.235. The molecule has 3 N–H and O–H groups in total. The minimum Gasteiger partial charge on any atom is -0.497 e. The molecule has 1 rings (SSSR count). The Balaban J connectivity index is 2.42. The first-order valence-electron chi connectivity index (χ1n) is 4.98. The topological polar surface area (TPSA) is 87.7 Å². The van der Waals surface area contributed by atoms with Crippen LogP contribution in [0, 0.1) is 0 Å². The highest BCUT2D eigenvalue weighted by atomic mass is 16.5. The zero-order valence-electron chi connectivity index (χ0n) is 9.40. The van der Waals surface area contributed by atoms with Crippen LogP contribution in [0.5, 0.6) is 5.75 Å². The van der Waals surface area contributed by atoms with E-state index in [1.54, 1.807) is 31.4 Å². The first-order valence-corrected chi connectivity index (χ1v) is 4.98. The molecule has 0 saturated heterocycles. The average molecular weight is 238 g/mol. The van der Waals surface area contributed by atoms with Gasteiger partial charge in [0.15, 0.2) is 0 Å². The maximum atomic E-state index is 11.4. The highest BCUT2D eigenvalue weighted by molar-refractivity contribution is 5.85. The summed E-state index contributed by atoms with van der Waals surface area (Å²) in [5.41, 5.74) is 2.24. The molecule has 17 heavy (non-hydrogen) atoms. The van der Waals surface area contributed by atoms with Crippen LogP contribution in [0.25, 0.3) is 0 Å². The van der Waals surface area contributed by atoms with Crippen molar-refractivity contribution >= 4 is 11.8 Å². The van der Waals surface area contributed by atoms with E-state index in [2.05, 4.69) is 5.32 Å². The van der Waals surface area contributed by atoms with Gasteiger partial charge in [0, 0.05) is 0 Å². The number of hydrogen-bond acceptors (Lipinski definition) is 4. The third-order valence-corrected chi connectivity index (χ3v) is 2.09. The van der Waals surface area contributed by atoms with E-state index in [0.717, 1.165) is 5.56 Å². The molecule has 0 bridgehead atoms. The summed E-state index contributed by atoms with van der Waals surface area (Å²) >= 11 is 0. The van der Waals surface area contributed by atoms with Gasteiger partial charge in [-0.3, -0.25) is 14.8 Å². The number of benzene rings is 1. The summed E-state index contributed by atoms with van der Waals surface area (Å²) in [4.78, 5) is 22.0. The fourth-order valence-electron chi connectivity index (χ4n) is 1.21. The van der Waals surface area contributed by atoms with Crippen LogP contribution in [-0.2, 0) is 16.0 Å². The van der Waals surface area contributed by atoms with E-state index in [-0.39, 0.29) is 18.9 Å². The molecule has 6 heteroatoms. The van der Waals surface area contributed by atoms with Crippen molar-refractivity contribution in [2.45, 2.75) is 6.42 Å². The molecule has 0 spiro atoms. The van der Waals surface area contributed by atoms with Crippen molar-refractivity contribution in [1.29, 1.82) is 0 Å². The molecule has 0 aromatic heterocycles. The summed E-state index contributed by atoms with van der Waals surface area (Å²) in [6.45, 7) is -0.245. The van der Waals surface area contributed by atoms with Crippen LogP contribution in [0.4, 0.5) is 0 Å². The maximum absolute atomic E-state index is 11.4. The van der Waals surface area contributed by atoms with Gasteiger partial charge in [0.05, 0.1) is 20.1 Å². The lowest BCUT2D eigenvalue weighted by Crippen LogP contribution is -2.36. The quantitative estimate of drug-likeness (QED) is 0.492. The van der Waals surface area contributed by atoms with Gasteiger partial charge in [-0.05, 0) is 17.7 Å². The number of ether oxygens (including phenoxy) is 1. The summed E-state index contributed by atoms with van der Waals surface area (Å²) < 4.78 is 4.99. The van der Waals surface area contributed by atoms with Crippen molar-refractivity contribution in [1.82, 2.24) is 10.8 Å². The Kier molecular flexibility index (Phi) is 4.96. The van der Waals surface area contributed by atoms with E-state index >= 15 is 0 Å². The van der Waals surface area contributed by atoms with Crippen LogP contribution in [0.15, 0.2) is 24.3 Å². The van der Waals surface area contributed by atoms with Crippen molar-refractivity contribution in [3.8, 4) is 5.75 Å². The molecular formula is C11H14N2O4. The molecule has 0 saturated carbocycles. The first-order chi connectivity index (χ1) is 8.15. The monoisotopic (exact) mass is 238 g/mol. The van der Waals surface area contributed by atoms with Crippen LogP contribution in [0.1, 0.15) is 5.56 Å². The number of hydroxylamine groups is 1. The average Bonchev–Trinajstić information content (AvgIpc) is 2.36. The van der Waals surface area contributed by atoms with Crippen LogP contribution < -0.4 is 15.5 Å². The van der Waals surface area contributed by atoms with Crippen LogP contribution in [0.2, 0.25) is 0 Å². The predicted molar refractivity (Wildman–Crippen MR) is 59.6 cm³/mol. The molecule has 2 amide bonds. The smallest absolute Gasteiger partial charge is 0.262 e. The third kappa shape index (κ3) is 4.52. The van der Waals surface area contributed by atoms with Crippen molar-refractivity contribution in [2.75, 3.05) is 13.7 Å². The van der Waals surface area contributed by atoms with Crippen molar-refractivity contribution in [3.05, 3.63) is 29.8 Å². The summed E-state index contributed by atoms with van der Waals surface area (Å²) in [5, 5.41) is 10.6. The van der Waals surface area contributed by atoms with Gasteiger partial charge in [0.2, 0.25) is 5.91 Å². The highest BCUT2D eigenvalue weighted by Gasteiger charge is 2.05. The number of hydrogen-bond donors (Lipinski definition) is 3. The summed E-state index contributed by atoms with van der Waals surface area (Å²) in [6, 6.07) is 7.04. The van der Waals surface area contributed by atoms with Gasteiger partial charge in [0.1, 0.15) is 5.75 Å². The molecule has 0 unspecified atom stereocenters. The van der Waals surface area contributed by atoms with E-state index in [0.29, 0.717) is 5.75 Å². The molecule has 92 valence electrons. The van der Waals surface area contributed by atoms with Crippen molar-refractivity contribution in [2.24, 2.45) is 0 Å². The Bertz CT molecular complexity index is 389. The molecule has 0 radical (unpaired) electrons. The Morgan fingerprint density at radius 3 is 2.41 bits per heavy atom. The number of amides is 2. The highest BCUT2D eigenvalue weighted by Crippen LogP contribution is 2.11. The lowest BCUT2D eigenvalue weighted by atomic mass is 10.1. The fourth-order valence-corrected chi connectivity index (χ4v) is 1.21. The van der Waals surface area contributed by atoms with Gasteiger partial charge >= 0.3 is 0 Å². The van der Waals surface area contributed by atoms with E-state index < -0.39 is 5.91 Å². The number of methoxy groups -OCH3 is 1. The Morgan fingerprint density at radius 2 is 1.88 bits per heavy atom. The predicted octanol–water partition coefficient (Wildman–Crippen LogP) is -0.141. The molecule has 1 aromatic carbocycles. The Hall–Kier alpha value is -2.08. The van der Waals surface area contributed by atoms with Crippen LogP contribution in [0.3, 0.4) is 0 Å². The minimum atomic E-state index is -0.659. The normalized spacial score (nSPS) is 9.53. The lowest BCUT2D eigenvalue weighted by Gasteiger charge is -2.05. The molecule has 0 aliphatic carbocycles. The van der Waals surface area contributed by atoms with E-state index in [4.69, 9.17) is 9.94 Å². The number of carbonyl (C=O) groups excluding carboxylic acids is 2. The molecular weight excluding hydrogens is 224 g/mol. The largest absolute Gasteiger partial charge is 0.497 e. The van der Waals surface area contributed by atoms with Gasteiger partial charge in [-0.25, -0.2) is 5.48 Å².